The summed E-state index contributed by atoms with van der Waals surface area (Å²) in [5.74, 6) is -0.535. The first-order valence-corrected chi connectivity index (χ1v) is 11.0. The zero-order valence-corrected chi connectivity index (χ0v) is 20.2. The number of methoxy groups -OCH3 is 1. The molecule has 1 aliphatic rings. The summed E-state index contributed by atoms with van der Waals surface area (Å²) in [5.41, 5.74) is 7.66. The molecule has 1 fully saturated rings. The Morgan fingerprint density at radius 2 is 1.68 bits per heavy atom. The van der Waals surface area contributed by atoms with E-state index in [2.05, 4.69) is 5.32 Å². The number of benzene rings is 2. The number of hydrogen-bond acceptors (Lipinski definition) is 7. The molecule has 1 heterocycles. The minimum Gasteiger partial charge on any atom is -0.465 e. The Balaban J connectivity index is 1.82. The van der Waals surface area contributed by atoms with Crippen molar-refractivity contribution in [3.63, 3.8) is 0 Å². The molecule has 3 rings (SSSR count). The van der Waals surface area contributed by atoms with Gasteiger partial charge in [0.25, 0.3) is 0 Å². The van der Waals surface area contributed by atoms with Crippen LogP contribution >= 0.6 is 0 Å². The third kappa shape index (κ3) is 5.79. The molecule has 0 aromatic heterocycles. The molecule has 34 heavy (non-hydrogen) atoms. The van der Waals surface area contributed by atoms with Crippen LogP contribution in [0.4, 0.5) is 10.5 Å². The number of anilines is 1. The van der Waals surface area contributed by atoms with Gasteiger partial charge < -0.3 is 29.8 Å². The maximum Gasteiger partial charge on any atom is 0.492 e. The summed E-state index contributed by atoms with van der Waals surface area (Å²) < 4.78 is 22.5. The predicted molar refractivity (Wildman–Crippen MR) is 131 cm³/mol. The lowest BCUT2D eigenvalue weighted by Gasteiger charge is -2.32. The highest BCUT2D eigenvalue weighted by Crippen LogP contribution is 2.39. The quantitative estimate of drug-likeness (QED) is 0.361. The first-order valence-electron chi connectivity index (χ1n) is 11.0. The van der Waals surface area contributed by atoms with E-state index in [4.69, 9.17) is 24.5 Å². The summed E-state index contributed by atoms with van der Waals surface area (Å²) in [6.45, 7) is 8.01. The van der Waals surface area contributed by atoms with Gasteiger partial charge in [-0.15, -0.1) is 0 Å². The second kappa shape index (κ2) is 10.3. The third-order valence-corrected chi connectivity index (χ3v) is 6.09. The van der Waals surface area contributed by atoms with E-state index in [-0.39, 0.29) is 24.4 Å². The molecule has 1 amide bonds. The molecular formula is C25H31BN2O6. The van der Waals surface area contributed by atoms with Crippen LogP contribution in [-0.2, 0) is 25.4 Å². The van der Waals surface area contributed by atoms with Crippen molar-refractivity contribution < 1.29 is 28.4 Å². The molecule has 0 atom stereocenters. The van der Waals surface area contributed by atoms with Crippen molar-refractivity contribution in [1.29, 1.82) is 0 Å². The molecule has 2 aromatic rings. The van der Waals surface area contributed by atoms with Gasteiger partial charge in [0, 0.05) is 6.54 Å². The number of nitrogens with two attached hydrogens (primary N) is 1. The van der Waals surface area contributed by atoms with Gasteiger partial charge >= 0.3 is 19.2 Å². The molecule has 0 bridgehead atoms. The Morgan fingerprint density at radius 3 is 2.29 bits per heavy atom. The number of hydrogen-bond donors (Lipinski definition) is 2. The monoisotopic (exact) mass is 466 g/mol. The zero-order valence-electron chi connectivity index (χ0n) is 20.2. The standard InChI is InChI=1S/C25H31BN2O6/c1-24(2)25(3,4)34-26(33-24)19(14-18-12-9-13-20(21(18)27)22(29)31-5)15-28-23(30)32-16-17-10-7-6-8-11-17/h6-14H,15-16,27H2,1-5H3,(H,28,30). The van der Waals surface area contributed by atoms with Crippen LogP contribution in [0.15, 0.2) is 54.0 Å². The zero-order chi connectivity index (χ0) is 24.9. The SMILES string of the molecule is COC(=O)c1cccc(C=C(CNC(=O)OCc2ccccc2)B2OC(C)(C)C(C)(C)O2)c1N. The van der Waals surface area contributed by atoms with E-state index in [1.807, 2.05) is 58.0 Å². The van der Waals surface area contributed by atoms with Crippen LogP contribution < -0.4 is 11.1 Å². The molecule has 0 spiro atoms. The first-order chi connectivity index (χ1) is 16.0. The number of amides is 1. The fourth-order valence-corrected chi connectivity index (χ4v) is 3.34. The Labute approximate surface area is 200 Å². The Bertz CT molecular complexity index is 1050. The van der Waals surface area contributed by atoms with Crippen molar-refractivity contribution >= 4 is 30.9 Å². The number of nitrogen functional groups attached to an aromatic ring is 1. The minimum atomic E-state index is -0.736. The molecule has 1 aliphatic heterocycles. The van der Waals surface area contributed by atoms with Crippen molar-refractivity contribution in [2.45, 2.75) is 45.5 Å². The first kappa shape index (κ1) is 25.3. The number of para-hydroxylation sites is 1. The Hall–Kier alpha value is -3.30. The maximum atomic E-state index is 12.4. The van der Waals surface area contributed by atoms with Crippen LogP contribution in [0.25, 0.3) is 6.08 Å². The predicted octanol–water partition coefficient (Wildman–Crippen LogP) is 4.00. The van der Waals surface area contributed by atoms with Crippen LogP contribution in [0.2, 0.25) is 0 Å². The lowest BCUT2D eigenvalue weighted by Crippen LogP contribution is -2.41. The van der Waals surface area contributed by atoms with Gasteiger partial charge in [0.1, 0.15) is 6.61 Å². The molecule has 0 saturated carbocycles. The summed E-state index contributed by atoms with van der Waals surface area (Å²) in [7, 11) is 0.561. The van der Waals surface area contributed by atoms with E-state index in [0.29, 0.717) is 11.0 Å². The average Bonchev–Trinajstić information content (AvgIpc) is 3.03. The second-order valence-electron chi connectivity index (χ2n) is 9.02. The van der Waals surface area contributed by atoms with Gasteiger partial charge in [0.05, 0.1) is 29.6 Å². The van der Waals surface area contributed by atoms with Gasteiger partial charge in [-0.2, -0.15) is 0 Å². The Kier molecular flexibility index (Phi) is 7.69. The highest BCUT2D eigenvalue weighted by molar-refractivity contribution is 6.56. The van der Waals surface area contributed by atoms with Gasteiger partial charge in [-0.3, -0.25) is 0 Å². The largest absolute Gasteiger partial charge is 0.492 e. The number of nitrogens with one attached hydrogen (secondary N) is 1. The number of ether oxygens (including phenoxy) is 2. The molecule has 0 aliphatic carbocycles. The lowest BCUT2D eigenvalue weighted by molar-refractivity contribution is 0.00578. The van der Waals surface area contributed by atoms with Crippen LogP contribution in [0.3, 0.4) is 0 Å². The fourth-order valence-electron chi connectivity index (χ4n) is 3.34. The maximum absolute atomic E-state index is 12.4. The number of carbonyl (C=O) groups excluding carboxylic acids is 2. The normalized spacial score (nSPS) is 16.7. The molecule has 0 unspecified atom stereocenters. The second-order valence-corrected chi connectivity index (χ2v) is 9.02. The molecular weight excluding hydrogens is 435 g/mol. The van der Waals surface area contributed by atoms with E-state index in [9.17, 15) is 9.59 Å². The summed E-state index contributed by atoms with van der Waals surface area (Å²) in [6, 6.07) is 14.5. The van der Waals surface area contributed by atoms with Gasteiger partial charge in [-0.05, 0) is 50.4 Å². The molecule has 0 radical (unpaired) electrons. The summed E-state index contributed by atoms with van der Waals surface area (Å²) >= 11 is 0. The van der Waals surface area contributed by atoms with Crippen LogP contribution in [0.5, 0.6) is 0 Å². The molecule has 2 aromatic carbocycles. The van der Waals surface area contributed by atoms with Crippen molar-refractivity contribution in [3.05, 3.63) is 70.7 Å². The smallest absolute Gasteiger partial charge is 0.465 e. The summed E-state index contributed by atoms with van der Waals surface area (Å²) in [4.78, 5) is 24.4. The van der Waals surface area contributed by atoms with Crippen LogP contribution in [0, 0.1) is 0 Å². The number of alkyl carbamates (subject to hydrolysis) is 1. The average molecular weight is 466 g/mol. The van der Waals surface area contributed by atoms with E-state index >= 15 is 0 Å². The van der Waals surface area contributed by atoms with Gasteiger partial charge in [0.2, 0.25) is 0 Å². The van der Waals surface area contributed by atoms with Gasteiger partial charge in [-0.1, -0.05) is 48.5 Å². The fraction of sp³-hybridized carbons (Fsp3) is 0.360. The molecule has 8 nitrogen and oxygen atoms in total. The van der Waals surface area contributed by atoms with Crippen molar-refractivity contribution in [2.75, 3.05) is 19.4 Å². The molecule has 180 valence electrons. The number of carbonyl (C=O) groups is 2. The highest BCUT2D eigenvalue weighted by atomic mass is 16.7. The van der Waals surface area contributed by atoms with Crippen LogP contribution in [-0.4, -0.2) is 44.0 Å². The lowest BCUT2D eigenvalue weighted by atomic mass is 9.76. The Morgan fingerprint density at radius 1 is 1.03 bits per heavy atom. The van der Waals surface area contributed by atoms with E-state index < -0.39 is 30.4 Å². The van der Waals surface area contributed by atoms with E-state index in [1.165, 1.54) is 7.11 Å². The van der Waals surface area contributed by atoms with E-state index in [0.717, 1.165) is 5.56 Å². The minimum absolute atomic E-state index is 0.0896. The summed E-state index contributed by atoms with van der Waals surface area (Å²) in [5, 5.41) is 2.75. The third-order valence-electron chi connectivity index (χ3n) is 6.09. The van der Waals surface area contributed by atoms with Crippen molar-refractivity contribution in [2.24, 2.45) is 0 Å². The van der Waals surface area contributed by atoms with Gasteiger partial charge in [0.15, 0.2) is 0 Å². The van der Waals surface area contributed by atoms with Crippen LogP contribution in [0.1, 0.15) is 49.2 Å². The molecule has 9 heteroatoms. The van der Waals surface area contributed by atoms with E-state index in [1.54, 1.807) is 24.3 Å². The highest BCUT2D eigenvalue weighted by Gasteiger charge is 2.52. The molecule has 1 saturated heterocycles. The van der Waals surface area contributed by atoms with Gasteiger partial charge in [-0.25, -0.2) is 9.59 Å². The summed E-state index contributed by atoms with van der Waals surface area (Å²) in [6.07, 6.45) is 1.17. The van der Waals surface area contributed by atoms with Crippen molar-refractivity contribution in [1.82, 2.24) is 5.32 Å². The topological polar surface area (TPSA) is 109 Å². The number of rotatable bonds is 7. The number of esters is 1. The molecule has 3 N–H and O–H groups in total. The van der Waals surface area contributed by atoms with Crippen molar-refractivity contribution in [3.8, 4) is 0 Å².